The zero-order valence-corrected chi connectivity index (χ0v) is 38.5. The molecule has 2 fully saturated rings. The molecule has 0 amide bonds. The summed E-state index contributed by atoms with van der Waals surface area (Å²) in [6.07, 6.45) is 15.7. The third-order valence-electron chi connectivity index (χ3n) is 13.0. The van der Waals surface area contributed by atoms with E-state index in [1.165, 1.54) is 0 Å². The van der Waals surface area contributed by atoms with Gasteiger partial charge in [-0.3, -0.25) is 30.1 Å². The maximum Gasteiger partial charge on any atom is 0.138 e. The van der Waals surface area contributed by atoms with Crippen LogP contribution in [0.5, 0.6) is 0 Å². The molecule has 18 heteroatoms. The Balaban J connectivity index is 0.000000150. The second-order valence-corrected chi connectivity index (χ2v) is 17.8. The molecule has 10 aromatic rings. The number of fused-ring (bicyclic) bond motifs is 4. The van der Waals surface area contributed by atoms with Gasteiger partial charge in [-0.2, -0.15) is 10.2 Å². The minimum absolute atomic E-state index is 0.608. The predicted octanol–water partition coefficient (Wildman–Crippen LogP) is 6.71. The lowest BCUT2D eigenvalue weighted by Gasteiger charge is -2.33. The normalized spacial score (nSPS) is 14.9. The molecule has 68 heavy (non-hydrogen) atoms. The summed E-state index contributed by atoms with van der Waals surface area (Å²) in [6, 6.07) is 16.5. The number of pyridine rings is 6. The van der Waals surface area contributed by atoms with Gasteiger partial charge in [0.2, 0.25) is 0 Å². The molecule has 0 bridgehead atoms. The average molecular weight is 907 g/mol. The first-order valence-electron chi connectivity index (χ1n) is 23.2. The van der Waals surface area contributed by atoms with Gasteiger partial charge in [0.25, 0.3) is 0 Å². The summed E-state index contributed by atoms with van der Waals surface area (Å²) in [5.41, 5.74) is 18.7. The van der Waals surface area contributed by atoms with Crippen molar-refractivity contribution in [3.8, 4) is 45.3 Å². The monoisotopic (exact) mass is 906 g/mol. The third kappa shape index (κ3) is 8.55. The van der Waals surface area contributed by atoms with Gasteiger partial charge in [0, 0.05) is 129 Å². The van der Waals surface area contributed by atoms with E-state index in [9.17, 15) is 0 Å². The zero-order chi connectivity index (χ0) is 46.1. The highest BCUT2D eigenvalue weighted by Crippen LogP contribution is 2.36. The van der Waals surface area contributed by atoms with Gasteiger partial charge in [-0.05, 0) is 81.2 Å². The van der Waals surface area contributed by atoms with E-state index in [2.05, 4.69) is 120 Å². The van der Waals surface area contributed by atoms with Crippen LogP contribution in [0.2, 0.25) is 0 Å². The summed E-state index contributed by atoms with van der Waals surface area (Å²) < 4.78 is 0. The third-order valence-corrected chi connectivity index (χ3v) is 13.0. The highest BCUT2D eigenvalue weighted by atomic mass is 15.3. The van der Waals surface area contributed by atoms with Gasteiger partial charge in [-0.1, -0.05) is 6.92 Å². The smallest absolute Gasteiger partial charge is 0.138 e. The first-order valence-corrected chi connectivity index (χ1v) is 23.2. The van der Waals surface area contributed by atoms with Gasteiger partial charge in [-0.25, -0.2) is 9.97 Å². The van der Waals surface area contributed by atoms with Crippen LogP contribution in [0.15, 0.2) is 98.1 Å². The second kappa shape index (κ2) is 18.5. The summed E-state index contributed by atoms with van der Waals surface area (Å²) in [4.78, 5) is 43.9. The van der Waals surface area contributed by atoms with Crippen molar-refractivity contribution in [2.75, 3.05) is 88.5 Å². The maximum atomic E-state index is 5.91. The Morgan fingerprint density at radius 3 is 1.59 bits per heavy atom. The largest absolute Gasteiger partial charge is 0.397 e. The van der Waals surface area contributed by atoms with E-state index in [0.29, 0.717) is 5.69 Å². The topological polar surface area (TPSA) is 217 Å². The predicted molar refractivity (Wildman–Crippen MR) is 270 cm³/mol. The second-order valence-electron chi connectivity index (χ2n) is 17.8. The number of nitrogen functional groups attached to an aromatic ring is 1. The fourth-order valence-corrected chi connectivity index (χ4v) is 9.17. The number of hydrogen-bond acceptors (Lipinski definition) is 14. The average Bonchev–Trinajstić information content (AvgIpc) is 4.19. The van der Waals surface area contributed by atoms with Gasteiger partial charge >= 0.3 is 0 Å². The lowest BCUT2D eigenvalue weighted by Crippen LogP contribution is -2.44. The number of nitrogens with one attached hydrogen (secondary N) is 5. The van der Waals surface area contributed by atoms with Crippen LogP contribution in [0.3, 0.4) is 0 Å². The minimum Gasteiger partial charge on any atom is -0.397 e. The first-order chi connectivity index (χ1) is 33.3. The highest BCUT2D eigenvalue weighted by Gasteiger charge is 2.22. The van der Waals surface area contributed by atoms with E-state index >= 15 is 0 Å². The quantitative estimate of drug-likeness (QED) is 0.0787. The number of hydrogen-bond donors (Lipinski definition) is 6. The molecule has 0 atom stereocenters. The van der Waals surface area contributed by atoms with E-state index in [-0.39, 0.29) is 0 Å². The van der Waals surface area contributed by atoms with Crippen molar-refractivity contribution in [2.45, 2.75) is 19.9 Å². The van der Waals surface area contributed by atoms with Crippen LogP contribution in [0, 0.1) is 0 Å². The van der Waals surface area contributed by atoms with Crippen molar-refractivity contribution in [2.24, 2.45) is 0 Å². The van der Waals surface area contributed by atoms with Crippen molar-refractivity contribution < 1.29 is 0 Å². The SMILES string of the molecule is CCCNCc1cncc(-c2cc3c(-c4cc5c(N6CCN(C)CC6)nccc5[nH]4)n[nH]c3cn2)c1.CN1CCN(c2nccc3[nH]c(-c4n[nH]c5cnc(-c6cncc(N)c6)cc45)cc23)CC1. The number of aromatic amines is 4. The Morgan fingerprint density at radius 2 is 1.07 bits per heavy atom. The molecule has 0 aliphatic carbocycles. The molecule has 0 spiro atoms. The Morgan fingerprint density at radius 1 is 0.559 bits per heavy atom. The molecule has 2 aliphatic rings. The van der Waals surface area contributed by atoms with Gasteiger partial charge in [-0.15, -0.1) is 0 Å². The Hall–Kier alpha value is -7.80. The van der Waals surface area contributed by atoms with Gasteiger partial charge < -0.3 is 40.6 Å². The summed E-state index contributed by atoms with van der Waals surface area (Å²) >= 11 is 0. The Labute approximate surface area is 392 Å². The maximum absolute atomic E-state index is 5.91. The van der Waals surface area contributed by atoms with E-state index in [4.69, 9.17) is 15.7 Å². The molecule has 2 aliphatic heterocycles. The molecule has 12 rings (SSSR count). The van der Waals surface area contributed by atoms with E-state index in [0.717, 1.165) is 178 Å². The number of anilines is 3. The lowest BCUT2D eigenvalue weighted by atomic mass is 10.1. The van der Waals surface area contributed by atoms with Crippen molar-refractivity contribution in [1.82, 2.24) is 75.4 Å². The Kier molecular flexibility index (Phi) is 11.6. The van der Waals surface area contributed by atoms with Crippen LogP contribution in [0.4, 0.5) is 17.3 Å². The lowest BCUT2D eigenvalue weighted by molar-refractivity contribution is 0.312. The van der Waals surface area contributed by atoms with Crippen LogP contribution in [-0.4, -0.2) is 143 Å². The molecule has 12 heterocycles. The number of piperazine rings is 2. The van der Waals surface area contributed by atoms with Crippen LogP contribution >= 0.6 is 0 Å². The number of H-pyrrole nitrogens is 4. The fraction of sp³-hybridized carbons (Fsp3) is 0.280. The molecule has 0 aromatic carbocycles. The number of aromatic nitrogens is 12. The summed E-state index contributed by atoms with van der Waals surface area (Å²) in [5.74, 6) is 2.05. The molecule has 18 nitrogen and oxygen atoms in total. The van der Waals surface area contributed by atoms with Crippen molar-refractivity contribution in [3.05, 3.63) is 104 Å². The number of likely N-dealkylation sites (N-methyl/N-ethyl adjacent to an activating group) is 2. The first kappa shape index (κ1) is 42.8. The van der Waals surface area contributed by atoms with Crippen LogP contribution in [-0.2, 0) is 6.54 Å². The minimum atomic E-state index is 0.608. The highest BCUT2D eigenvalue weighted by molar-refractivity contribution is 6.01. The number of rotatable bonds is 10. The van der Waals surface area contributed by atoms with Crippen molar-refractivity contribution >= 4 is 60.9 Å². The molecule has 0 unspecified atom stereocenters. The van der Waals surface area contributed by atoms with Crippen molar-refractivity contribution in [1.29, 1.82) is 0 Å². The molecule has 0 radical (unpaired) electrons. The van der Waals surface area contributed by atoms with Crippen LogP contribution in [0.1, 0.15) is 18.9 Å². The summed E-state index contributed by atoms with van der Waals surface area (Å²) in [6.45, 7) is 12.0. The molecular formula is C50H54N18. The molecule has 7 N–H and O–H groups in total. The van der Waals surface area contributed by atoms with Gasteiger partial charge in [0.1, 0.15) is 23.0 Å². The standard InChI is InChI=1S/C27H31N9.C23H23N9/c1-3-5-28-14-18-11-19(16-29-15-18)23-12-20-25(17-31-23)33-34-26(20)24-13-21-22(32-24)4-6-30-27(21)36-9-7-35(2)8-10-36;1-31-4-6-32(7-5-31)23-17-10-20(28-18(17)2-3-26-23)22-16-9-19(27-13-21(16)29-30-22)14-8-15(24)12-25-11-14/h4,6,11-13,15-17,28,32H,3,5,7-10,14H2,1-2H3,(H,33,34);2-3,8-13,28H,4-7,24H2,1H3,(H,29,30). The number of nitrogens with two attached hydrogens (primary N) is 1. The van der Waals surface area contributed by atoms with E-state index in [1.807, 2.05) is 55.2 Å². The summed E-state index contributed by atoms with van der Waals surface area (Å²) in [5, 5.41) is 23.2. The molecule has 10 aromatic heterocycles. The molecular weight excluding hydrogens is 853 g/mol. The molecule has 0 saturated carbocycles. The number of nitrogens with zero attached hydrogens (tertiary/aromatic N) is 12. The van der Waals surface area contributed by atoms with E-state index < -0.39 is 0 Å². The molecule has 2 saturated heterocycles. The van der Waals surface area contributed by atoms with Gasteiger partial charge in [0.05, 0.1) is 62.9 Å². The zero-order valence-electron chi connectivity index (χ0n) is 38.5. The molecule has 344 valence electrons. The van der Waals surface area contributed by atoms with E-state index in [1.54, 1.807) is 18.6 Å². The fourth-order valence-electron chi connectivity index (χ4n) is 9.17. The summed E-state index contributed by atoms with van der Waals surface area (Å²) in [7, 11) is 4.33. The van der Waals surface area contributed by atoms with Crippen LogP contribution < -0.4 is 20.9 Å². The van der Waals surface area contributed by atoms with Gasteiger partial charge in [0.15, 0.2) is 0 Å². The van der Waals surface area contributed by atoms with Crippen molar-refractivity contribution in [3.63, 3.8) is 0 Å². The Bertz CT molecular complexity index is 3370. The van der Waals surface area contributed by atoms with Crippen LogP contribution in [0.25, 0.3) is 88.9 Å².